The van der Waals surface area contributed by atoms with Crippen LogP contribution in [0.3, 0.4) is 0 Å². The summed E-state index contributed by atoms with van der Waals surface area (Å²) in [6.45, 7) is 3.47. The molecule has 2 fully saturated rings. The summed E-state index contributed by atoms with van der Waals surface area (Å²) >= 11 is 6.01. The standard InChI is InChI=1S/C15H20ClN/c1-2-17-14-4-3-10-15(17,11-9-14)12-5-7-13(16)8-6-12/h5-8,14H,2-4,9-11H2,1H3/t14-,15+/m1/s1. The molecule has 0 radical (unpaired) electrons. The van der Waals surface area contributed by atoms with Crippen LogP contribution in [0.4, 0.5) is 0 Å². The second-order valence-electron chi connectivity index (χ2n) is 5.41. The third-order valence-electron chi connectivity index (χ3n) is 4.73. The van der Waals surface area contributed by atoms with Crippen molar-refractivity contribution in [2.24, 2.45) is 0 Å². The number of rotatable bonds is 2. The van der Waals surface area contributed by atoms with E-state index in [1.54, 1.807) is 0 Å². The van der Waals surface area contributed by atoms with Gasteiger partial charge in [-0.15, -0.1) is 0 Å². The molecule has 1 nitrogen and oxygen atoms in total. The highest BCUT2D eigenvalue weighted by atomic mass is 35.5. The van der Waals surface area contributed by atoms with E-state index in [2.05, 4.69) is 24.0 Å². The zero-order valence-electron chi connectivity index (χ0n) is 10.5. The summed E-state index contributed by atoms with van der Waals surface area (Å²) < 4.78 is 0. The summed E-state index contributed by atoms with van der Waals surface area (Å²) in [5.74, 6) is 0. The summed E-state index contributed by atoms with van der Waals surface area (Å²) in [4.78, 5) is 2.74. The maximum absolute atomic E-state index is 6.01. The number of benzene rings is 1. The van der Waals surface area contributed by atoms with E-state index >= 15 is 0 Å². The lowest BCUT2D eigenvalue weighted by atomic mass is 9.81. The van der Waals surface area contributed by atoms with Crippen LogP contribution in [0.1, 0.15) is 44.6 Å². The molecule has 1 aromatic rings. The predicted molar refractivity (Wildman–Crippen MR) is 72.4 cm³/mol. The van der Waals surface area contributed by atoms with E-state index in [-0.39, 0.29) is 0 Å². The van der Waals surface area contributed by atoms with Crippen LogP contribution in [-0.4, -0.2) is 17.5 Å². The van der Waals surface area contributed by atoms with Crippen LogP contribution in [0.2, 0.25) is 5.02 Å². The molecule has 17 heavy (non-hydrogen) atoms. The van der Waals surface area contributed by atoms with Gasteiger partial charge in [0.2, 0.25) is 0 Å². The zero-order chi connectivity index (χ0) is 11.9. The number of fused-ring (bicyclic) bond motifs is 2. The monoisotopic (exact) mass is 249 g/mol. The van der Waals surface area contributed by atoms with Crippen molar-refractivity contribution in [2.75, 3.05) is 6.54 Å². The lowest BCUT2D eigenvalue weighted by Crippen LogP contribution is -2.47. The summed E-state index contributed by atoms with van der Waals surface area (Å²) in [6.07, 6.45) is 6.79. The summed E-state index contributed by atoms with van der Waals surface area (Å²) in [5, 5.41) is 0.846. The van der Waals surface area contributed by atoms with E-state index in [0.29, 0.717) is 5.54 Å². The Balaban J connectivity index is 2.01. The van der Waals surface area contributed by atoms with Crippen LogP contribution in [0, 0.1) is 0 Å². The lowest BCUT2D eigenvalue weighted by molar-refractivity contribution is 0.0567. The molecule has 3 rings (SSSR count). The Morgan fingerprint density at radius 2 is 2.00 bits per heavy atom. The van der Waals surface area contributed by atoms with Crippen molar-refractivity contribution in [2.45, 2.75) is 50.6 Å². The Morgan fingerprint density at radius 3 is 2.71 bits per heavy atom. The second-order valence-corrected chi connectivity index (χ2v) is 5.85. The highest BCUT2D eigenvalue weighted by Crippen LogP contribution is 2.50. The van der Waals surface area contributed by atoms with Crippen molar-refractivity contribution in [3.05, 3.63) is 34.9 Å². The molecule has 0 N–H and O–H groups in total. The molecule has 0 saturated carbocycles. The van der Waals surface area contributed by atoms with Crippen molar-refractivity contribution in [3.63, 3.8) is 0 Å². The van der Waals surface area contributed by atoms with E-state index in [4.69, 9.17) is 11.6 Å². The van der Waals surface area contributed by atoms with Gasteiger partial charge in [-0.2, -0.15) is 0 Å². The minimum absolute atomic E-state index is 0.322. The molecule has 2 atom stereocenters. The van der Waals surface area contributed by atoms with E-state index in [1.807, 2.05) is 12.1 Å². The first-order chi connectivity index (χ1) is 8.26. The molecule has 2 heteroatoms. The zero-order valence-corrected chi connectivity index (χ0v) is 11.2. The fourth-order valence-electron chi connectivity index (χ4n) is 4.03. The quantitative estimate of drug-likeness (QED) is 0.759. The van der Waals surface area contributed by atoms with Crippen LogP contribution < -0.4 is 0 Å². The summed E-state index contributed by atoms with van der Waals surface area (Å²) in [6, 6.07) is 9.38. The average molecular weight is 250 g/mol. The number of halogens is 1. The van der Waals surface area contributed by atoms with Crippen molar-refractivity contribution >= 4 is 11.6 Å². The average Bonchev–Trinajstić information content (AvgIpc) is 2.56. The van der Waals surface area contributed by atoms with Gasteiger partial charge in [-0.05, 0) is 56.3 Å². The van der Waals surface area contributed by atoms with Crippen LogP contribution in [-0.2, 0) is 5.54 Å². The Bertz CT molecular complexity index is 396. The normalized spacial score (nSPS) is 32.9. The number of hydrogen-bond donors (Lipinski definition) is 0. The van der Waals surface area contributed by atoms with Crippen LogP contribution in [0.15, 0.2) is 24.3 Å². The first-order valence-electron chi connectivity index (χ1n) is 6.79. The fourth-order valence-corrected chi connectivity index (χ4v) is 4.15. The SMILES string of the molecule is CCN1[C@@H]2CCC[C@@]1(c1ccc(Cl)cc1)CC2. The van der Waals surface area contributed by atoms with E-state index in [9.17, 15) is 0 Å². The van der Waals surface area contributed by atoms with Gasteiger partial charge in [-0.1, -0.05) is 30.7 Å². The largest absolute Gasteiger partial charge is 0.291 e. The van der Waals surface area contributed by atoms with Crippen molar-refractivity contribution < 1.29 is 0 Å². The third kappa shape index (κ3) is 1.71. The smallest absolute Gasteiger partial charge is 0.0464 e. The van der Waals surface area contributed by atoms with E-state index in [1.165, 1.54) is 44.2 Å². The number of piperidine rings is 1. The minimum Gasteiger partial charge on any atom is -0.291 e. The molecule has 0 spiro atoms. The molecule has 2 bridgehead atoms. The van der Waals surface area contributed by atoms with Crippen LogP contribution in [0.25, 0.3) is 0 Å². The van der Waals surface area contributed by atoms with E-state index < -0.39 is 0 Å². The van der Waals surface area contributed by atoms with E-state index in [0.717, 1.165) is 11.1 Å². The maximum Gasteiger partial charge on any atom is 0.0464 e. The van der Waals surface area contributed by atoms with Crippen LogP contribution in [0.5, 0.6) is 0 Å². The van der Waals surface area contributed by atoms with Gasteiger partial charge in [0.05, 0.1) is 0 Å². The van der Waals surface area contributed by atoms with Gasteiger partial charge in [0, 0.05) is 16.6 Å². The van der Waals surface area contributed by atoms with Crippen LogP contribution >= 0.6 is 11.6 Å². The molecule has 0 aliphatic carbocycles. The Kier molecular flexibility index (Phi) is 2.92. The van der Waals surface area contributed by atoms with Crippen molar-refractivity contribution in [1.82, 2.24) is 4.90 Å². The lowest BCUT2D eigenvalue weighted by Gasteiger charge is -2.45. The summed E-state index contributed by atoms with van der Waals surface area (Å²) in [7, 11) is 0. The highest BCUT2D eigenvalue weighted by molar-refractivity contribution is 6.30. The van der Waals surface area contributed by atoms with Gasteiger partial charge >= 0.3 is 0 Å². The molecule has 0 aromatic heterocycles. The molecule has 0 unspecified atom stereocenters. The van der Waals surface area contributed by atoms with Crippen molar-refractivity contribution in [1.29, 1.82) is 0 Å². The number of nitrogens with zero attached hydrogens (tertiary/aromatic N) is 1. The fraction of sp³-hybridized carbons (Fsp3) is 0.600. The maximum atomic E-state index is 6.01. The Morgan fingerprint density at radius 1 is 1.24 bits per heavy atom. The molecule has 0 amide bonds. The molecule has 2 aliphatic heterocycles. The molecule has 2 aliphatic rings. The molecule has 92 valence electrons. The summed E-state index contributed by atoms with van der Waals surface area (Å²) in [5.41, 5.74) is 1.80. The highest BCUT2D eigenvalue weighted by Gasteiger charge is 2.48. The second kappa shape index (κ2) is 4.29. The van der Waals surface area contributed by atoms with Crippen molar-refractivity contribution in [3.8, 4) is 0 Å². The minimum atomic E-state index is 0.322. The predicted octanol–water partition coefficient (Wildman–Crippen LogP) is 4.20. The molecule has 1 aromatic carbocycles. The van der Waals surface area contributed by atoms with Gasteiger partial charge in [-0.3, -0.25) is 4.90 Å². The Labute approximate surface area is 109 Å². The first-order valence-corrected chi connectivity index (χ1v) is 7.17. The first kappa shape index (κ1) is 11.6. The third-order valence-corrected chi connectivity index (χ3v) is 4.98. The molecular weight excluding hydrogens is 230 g/mol. The topological polar surface area (TPSA) is 3.24 Å². The van der Waals surface area contributed by atoms with Gasteiger partial charge in [0.1, 0.15) is 0 Å². The van der Waals surface area contributed by atoms with Gasteiger partial charge in [0.25, 0.3) is 0 Å². The Hall–Kier alpha value is -0.530. The molecular formula is C15H20ClN. The van der Waals surface area contributed by atoms with Gasteiger partial charge in [0.15, 0.2) is 0 Å². The molecule has 2 saturated heterocycles. The van der Waals surface area contributed by atoms with Gasteiger partial charge in [-0.25, -0.2) is 0 Å². The van der Waals surface area contributed by atoms with Gasteiger partial charge < -0.3 is 0 Å². The number of hydrogen-bond acceptors (Lipinski definition) is 1. The molecule has 2 heterocycles.